The lowest BCUT2D eigenvalue weighted by molar-refractivity contribution is -0.125. The molecule has 8 nitrogen and oxygen atoms in total. The van der Waals surface area contributed by atoms with Crippen LogP contribution in [-0.2, 0) is 16.9 Å². The number of ether oxygens (including phenoxy) is 1. The fraction of sp³-hybridized carbons (Fsp3) is 0.263. The highest BCUT2D eigenvalue weighted by Crippen LogP contribution is 2.31. The Morgan fingerprint density at radius 2 is 2.04 bits per heavy atom. The van der Waals surface area contributed by atoms with Crippen LogP contribution < -0.4 is 15.4 Å². The topological polar surface area (TPSA) is 101 Å². The number of rotatable bonds is 4. The van der Waals surface area contributed by atoms with Crippen LogP contribution in [0, 0.1) is 6.92 Å². The summed E-state index contributed by atoms with van der Waals surface area (Å²) in [6.07, 6.45) is 1.63. The molecule has 4 rings (SSSR count). The van der Waals surface area contributed by atoms with Gasteiger partial charge in [0, 0.05) is 18.3 Å². The molecule has 0 saturated carbocycles. The molecule has 1 unspecified atom stereocenters. The molecule has 8 heteroatoms. The predicted octanol–water partition coefficient (Wildman–Crippen LogP) is 1.09. The second-order valence-electron chi connectivity index (χ2n) is 6.72. The van der Waals surface area contributed by atoms with Gasteiger partial charge in [0.05, 0.1) is 19.3 Å². The number of carbonyl (C=O) groups excluding carboxylic acids is 3. The third kappa shape index (κ3) is 2.69. The molecule has 2 aliphatic heterocycles. The Bertz CT molecular complexity index is 957. The Morgan fingerprint density at radius 3 is 2.67 bits per heavy atom. The summed E-state index contributed by atoms with van der Waals surface area (Å²) in [5, 5.41) is 4.93. The molecule has 2 aromatic rings. The number of aromatic nitrogens is 1. The van der Waals surface area contributed by atoms with Gasteiger partial charge in [-0.05, 0) is 36.2 Å². The van der Waals surface area contributed by atoms with Gasteiger partial charge >= 0.3 is 6.03 Å². The number of nitrogens with one attached hydrogen (secondary N) is 2. The molecule has 0 aliphatic carbocycles. The van der Waals surface area contributed by atoms with E-state index in [9.17, 15) is 14.4 Å². The minimum atomic E-state index is -1.42. The number of nitrogens with zero attached hydrogens (tertiary/aromatic N) is 2. The SMILES string of the molecule is COc1ccc2c(c1)C(=O)N(CC1(c3ccc(C)cn3)NC(=O)NC1=O)C2. The van der Waals surface area contributed by atoms with Crippen LogP contribution in [0.5, 0.6) is 5.75 Å². The predicted molar refractivity (Wildman–Crippen MR) is 95.1 cm³/mol. The summed E-state index contributed by atoms with van der Waals surface area (Å²) in [4.78, 5) is 43.3. The molecular weight excluding hydrogens is 348 g/mol. The number of aryl methyl sites for hydroxylation is 1. The Morgan fingerprint density at radius 1 is 1.22 bits per heavy atom. The zero-order valence-corrected chi connectivity index (χ0v) is 14.9. The van der Waals surface area contributed by atoms with E-state index in [2.05, 4.69) is 15.6 Å². The fourth-order valence-electron chi connectivity index (χ4n) is 3.47. The highest BCUT2D eigenvalue weighted by molar-refractivity contribution is 6.08. The average Bonchev–Trinajstić information content (AvgIpc) is 3.12. The van der Waals surface area contributed by atoms with Gasteiger partial charge in [-0.1, -0.05) is 12.1 Å². The van der Waals surface area contributed by atoms with Crippen molar-refractivity contribution in [2.75, 3.05) is 13.7 Å². The van der Waals surface area contributed by atoms with Crippen molar-refractivity contribution in [1.82, 2.24) is 20.5 Å². The quantitative estimate of drug-likeness (QED) is 0.789. The van der Waals surface area contributed by atoms with E-state index in [0.717, 1.165) is 11.1 Å². The first kappa shape index (κ1) is 17.0. The smallest absolute Gasteiger partial charge is 0.322 e. The van der Waals surface area contributed by atoms with Gasteiger partial charge in [0.15, 0.2) is 5.54 Å². The Kier molecular flexibility index (Phi) is 3.83. The Balaban J connectivity index is 1.69. The van der Waals surface area contributed by atoms with Gasteiger partial charge in [0.2, 0.25) is 0 Å². The van der Waals surface area contributed by atoms with Gasteiger partial charge in [-0.15, -0.1) is 0 Å². The Hall–Kier alpha value is -3.42. The highest BCUT2D eigenvalue weighted by Gasteiger charge is 2.51. The van der Waals surface area contributed by atoms with Gasteiger partial charge in [-0.2, -0.15) is 0 Å². The summed E-state index contributed by atoms with van der Waals surface area (Å²) < 4.78 is 5.19. The summed E-state index contributed by atoms with van der Waals surface area (Å²) in [7, 11) is 1.54. The minimum Gasteiger partial charge on any atom is -0.497 e. The number of benzene rings is 1. The second-order valence-corrected chi connectivity index (χ2v) is 6.72. The maximum atomic E-state index is 12.9. The highest BCUT2D eigenvalue weighted by atomic mass is 16.5. The number of hydrogen-bond donors (Lipinski definition) is 2. The van der Waals surface area contributed by atoms with Crippen LogP contribution in [0.1, 0.15) is 27.2 Å². The maximum absolute atomic E-state index is 12.9. The van der Waals surface area contributed by atoms with Crippen molar-refractivity contribution in [3.05, 3.63) is 58.9 Å². The van der Waals surface area contributed by atoms with Crippen molar-refractivity contribution in [3.8, 4) is 5.75 Å². The largest absolute Gasteiger partial charge is 0.497 e. The molecule has 2 N–H and O–H groups in total. The van der Waals surface area contributed by atoms with E-state index in [4.69, 9.17) is 4.74 Å². The zero-order chi connectivity index (χ0) is 19.2. The molecule has 0 spiro atoms. The number of urea groups is 1. The first-order valence-corrected chi connectivity index (χ1v) is 8.46. The van der Waals surface area contributed by atoms with Crippen molar-refractivity contribution in [1.29, 1.82) is 0 Å². The van der Waals surface area contributed by atoms with E-state index in [1.165, 1.54) is 12.0 Å². The van der Waals surface area contributed by atoms with E-state index in [0.29, 0.717) is 23.6 Å². The van der Waals surface area contributed by atoms with Crippen molar-refractivity contribution in [3.63, 3.8) is 0 Å². The monoisotopic (exact) mass is 366 g/mol. The van der Waals surface area contributed by atoms with Crippen LogP contribution in [0.15, 0.2) is 36.5 Å². The summed E-state index contributed by atoms with van der Waals surface area (Å²) in [6, 6.07) is 8.20. The van der Waals surface area contributed by atoms with Crippen LogP contribution in [0.4, 0.5) is 4.79 Å². The number of pyridine rings is 1. The van der Waals surface area contributed by atoms with E-state index in [1.54, 1.807) is 24.4 Å². The van der Waals surface area contributed by atoms with E-state index in [-0.39, 0.29) is 12.5 Å². The number of fused-ring (bicyclic) bond motifs is 1. The normalized spacial score (nSPS) is 21.1. The minimum absolute atomic E-state index is 0.0174. The molecule has 0 radical (unpaired) electrons. The summed E-state index contributed by atoms with van der Waals surface area (Å²) in [5.74, 6) is -0.152. The molecule has 2 aliphatic rings. The van der Waals surface area contributed by atoms with Crippen LogP contribution in [0.3, 0.4) is 0 Å². The number of amides is 4. The third-order valence-corrected chi connectivity index (χ3v) is 4.91. The van der Waals surface area contributed by atoms with Crippen LogP contribution in [-0.4, -0.2) is 41.4 Å². The van der Waals surface area contributed by atoms with Gasteiger partial charge < -0.3 is 15.0 Å². The molecule has 4 amide bonds. The first-order valence-electron chi connectivity index (χ1n) is 8.46. The van der Waals surface area contributed by atoms with Crippen molar-refractivity contribution in [2.45, 2.75) is 19.0 Å². The van der Waals surface area contributed by atoms with Gasteiger partial charge in [0.25, 0.3) is 11.8 Å². The Labute approximate surface area is 155 Å². The van der Waals surface area contributed by atoms with E-state index < -0.39 is 17.5 Å². The van der Waals surface area contributed by atoms with E-state index >= 15 is 0 Å². The molecule has 1 fully saturated rings. The van der Waals surface area contributed by atoms with Crippen molar-refractivity contribution >= 4 is 17.8 Å². The number of imide groups is 1. The lowest BCUT2D eigenvalue weighted by atomic mass is 9.93. The lowest BCUT2D eigenvalue weighted by Gasteiger charge is -2.30. The summed E-state index contributed by atoms with van der Waals surface area (Å²) >= 11 is 0. The summed E-state index contributed by atoms with van der Waals surface area (Å²) in [5.41, 5.74) is 1.27. The number of methoxy groups -OCH3 is 1. The molecule has 1 atom stereocenters. The molecule has 1 aromatic heterocycles. The first-order chi connectivity index (χ1) is 12.9. The standard InChI is InChI=1S/C19H18N4O4/c1-11-3-6-15(20-8-11)19(17(25)21-18(26)22-19)10-23-9-12-4-5-13(27-2)7-14(12)16(23)24/h3-8H,9-10H2,1-2H3,(H2,21,22,25,26). The molecular formula is C19H18N4O4. The lowest BCUT2D eigenvalue weighted by Crippen LogP contribution is -2.53. The third-order valence-electron chi connectivity index (χ3n) is 4.91. The van der Waals surface area contributed by atoms with Crippen molar-refractivity contribution < 1.29 is 19.1 Å². The van der Waals surface area contributed by atoms with Gasteiger partial charge in [-0.3, -0.25) is 19.9 Å². The van der Waals surface area contributed by atoms with Crippen molar-refractivity contribution in [2.24, 2.45) is 0 Å². The zero-order valence-electron chi connectivity index (χ0n) is 14.9. The number of carbonyl (C=O) groups is 3. The molecule has 138 valence electrons. The molecule has 27 heavy (non-hydrogen) atoms. The average molecular weight is 366 g/mol. The molecule has 0 bridgehead atoms. The van der Waals surface area contributed by atoms with Gasteiger partial charge in [-0.25, -0.2) is 4.79 Å². The van der Waals surface area contributed by atoms with E-state index in [1.807, 2.05) is 19.1 Å². The summed E-state index contributed by atoms with van der Waals surface area (Å²) in [6.45, 7) is 2.20. The van der Waals surface area contributed by atoms with Crippen LogP contribution in [0.25, 0.3) is 0 Å². The fourth-order valence-corrected chi connectivity index (χ4v) is 3.47. The van der Waals surface area contributed by atoms with Crippen LogP contribution in [0.2, 0.25) is 0 Å². The maximum Gasteiger partial charge on any atom is 0.322 e. The van der Waals surface area contributed by atoms with Gasteiger partial charge in [0.1, 0.15) is 5.75 Å². The second kappa shape index (κ2) is 6.08. The molecule has 3 heterocycles. The van der Waals surface area contributed by atoms with Crippen LogP contribution >= 0.6 is 0 Å². The number of hydrogen-bond acceptors (Lipinski definition) is 5. The molecule has 1 aromatic carbocycles. The molecule has 1 saturated heterocycles.